The van der Waals surface area contributed by atoms with Gasteiger partial charge in [-0.15, -0.1) is 0 Å². The molecule has 0 aliphatic carbocycles. The van der Waals surface area contributed by atoms with Gasteiger partial charge in [0.05, 0.1) is 13.1 Å². The summed E-state index contributed by atoms with van der Waals surface area (Å²) in [4.78, 5) is 32.7. The summed E-state index contributed by atoms with van der Waals surface area (Å²) >= 11 is 0. The topological polar surface area (TPSA) is 113 Å². The number of nitrogens with one attached hydrogen (secondary N) is 2. The van der Waals surface area contributed by atoms with Crippen molar-refractivity contribution >= 4 is 23.5 Å². The van der Waals surface area contributed by atoms with E-state index in [1.165, 1.54) is 6.33 Å². The summed E-state index contributed by atoms with van der Waals surface area (Å²) in [6.07, 6.45) is 1.35. The number of hydrazine groups is 1. The molecule has 0 spiro atoms. The smallest absolute Gasteiger partial charge is 0.246 e. The molecule has 2 heterocycles. The minimum absolute atomic E-state index is 0.0898. The van der Waals surface area contributed by atoms with E-state index in [2.05, 4.69) is 20.7 Å². The van der Waals surface area contributed by atoms with Crippen molar-refractivity contribution in [3.63, 3.8) is 0 Å². The number of amides is 2. The fraction of sp³-hybridized carbons (Fsp3) is 0.455. The third-order valence-electron chi connectivity index (χ3n) is 2.82. The first-order chi connectivity index (χ1) is 9.02. The molecule has 8 heteroatoms. The third kappa shape index (κ3) is 2.63. The molecule has 0 aromatic carbocycles. The van der Waals surface area contributed by atoms with Crippen molar-refractivity contribution in [2.75, 3.05) is 23.4 Å². The minimum Gasteiger partial charge on any atom is -0.338 e. The molecule has 1 aromatic rings. The Labute approximate surface area is 110 Å². The van der Waals surface area contributed by atoms with Crippen LogP contribution in [0.5, 0.6) is 0 Å². The lowest BCUT2D eigenvalue weighted by atomic mass is 10.0. The zero-order chi connectivity index (χ0) is 14.0. The maximum absolute atomic E-state index is 11.4. The van der Waals surface area contributed by atoms with Gasteiger partial charge in [0.25, 0.3) is 0 Å². The van der Waals surface area contributed by atoms with Gasteiger partial charge in [0.15, 0.2) is 0 Å². The van der Waals surface area contributed by atoms with Crippen LogP contribution in [-0.4, -0.2) is 34.9 Å². The predicted octanol–water partition coefficient (Wildman–Crippen LogP) is -0.652. The van der Waals surface area contributed by atoms with E-state index in [0.717, 1.165) is 5.56 Å². The molecular formula is C11H16N6O2. The van der Waals surface area contributed by atoms with Gasteiger partial charge in [-0.2, -0.15) is 0 Å². The summed E-state index contributed by atoms with van der Waals surface area (Å²) < 4.78 is 0. The fourth-order valence-electron chi connectivity index (χ4n) is 2.07. The highest BCUT2D eigenvalue weighted by molar-refractivity contribution is 6.02. The van der Waals surface area contributed by atoms with Crippen molar-refractivity contribution in [2.24, 2.45) is 5.84 Å². The number of rotatable bonds is 3. The number of hydrogen-bond donors (Lipinski definition) is 3. The van der Waals surface area contributed by atoms with Crippen LogP contribution >= 0.6 is 0 Å². The summed E-state index contributed by atoms with van der Waals surface area (Å²) in [6.45, 7) is 4.11. The summed E-state index contributed by atoms with van der Waals surface area (Å²) in [6, 6.07) is 0. The zero-order valence-electron chi connectivity index (χ0n) is 10.8. The number of nitrogens with zero attached hydrogens (tertiary/aromatic N) is 3. The number of nitrogens with two attached hydrogens (primary N) is 1. The average molecular weight is 264 g/mol. The summed E-state index contributed by atoms with van der Waals surface area (Å²) in [5.74, 6) is 5.91. The van der Waals surface area contributed by atoms with E-state index in [-0.39, 0.29) is 30.8 Å². The van der Waals surface area contributed by atoms with Crippen molar-refractivity contribution in [2.45, 2.75) is 19.8 Å². The number of anilines is 2. The quantitative estimate of drug-likeness (QED) is 0.377. The van der Waals surface area contributed by atoms with Crippen LogP contribution < -0.4 is 21.5 Å². The highest BCUT2D eigenvalue weighted by atomic mass is 16.2. The maximum Gasteiger partial charge on any atom is 0.246 e. The van der Waals surface area contributed by atoms with Crippen LogP contribution in [0.25, 0.3) is 0 Å². The molecular weight excluding hydrogens is 248 g/mol. The van der Waals surface area contributed by atoms with Gasteiger partial charge >= 0.3 is 0 Å². The monoisotopic (exact) mass is 264 g/mol. The molecule has 0 radical (unpaired) electrons. The zero-order valence-corrected chi connectivity index (χ0v) is 10.8. The molecule has 4 N–H and O–H groups in total. The molecule has 1 saturated heterocycles. The van der Waals surface area contributed by atoms with E-state index >= 15 is 0 Å². The average Bonchev–Trinajstić information content (AvgIpc) is 2.36. The van der Waals surface area contributed by atoms with Crippen LogP contribution in [0.1, 0.15) is 25.3 Å². The van der Waals surface area contributed by atoms with E-state index in [1.54, 1.807) is 4.90 Å². The lowest BCUT2D eigenvalue weighted by molar-refractivity contribution is -0.130. The third-order valence-corrected chi connectivity index (χ3v) is 2.82. The van der Waals surface area contributed by atoms with Gasteiger partial charge in [-0.25, -0.2) is 15.8 Å². The van der Waals surface area contributed by atoms with Crippen LogP contribution in [-0.2, 0) is 9.59 Å². The molecule has 0 unspecified atom stereocenters. The van der Waals surface area contributed by atoms with Gasteiger partial charge in [0, 0.05) is 5.56 Å². The first-order valence-corrected chi connectivity index (χ1v) is 5.92. The van der Waals surface area contributed by atoms with Crippen LogP contribution in [0.4, 0.5) is 11.6 Å². The Hall–Kier alpha value is -2.22. The number of carbonyl (C=O) groups is 2. The number of carbonyl (C=O) groups excluding carboxylic acids is 2. The molecule has 0 atom stereocenters. The van der Waals surface area contributed by atoms with E-state index in [1.807, 2.05) is 13.8 Å². The van der Waals surface area contributed by atoms with Crippen LogP contribution in [0.3, 0.4) is 0 Å². The van der Waals surface area contributed by atoms with Crippen molar-refractivity contribution in [3.05, 3.63) is 11.9 Å². The first-order valence-electron chi connectivity index (χ1n) is 5.92. The molecule has 2 amide bonds. The molecule has 1 aliphatic heterocycles. The Morgan fingerprint density at radius 1 is 1.32 bits per heavy atom. The molecule has 2 rings (SSSR count). The van der Waals surface area contributed by atoms with Crippen LogP contribution in [0.2, 0.25) is 0 Å². The van der Waals surface area contributed by atoms with Crippen molar-refractivity contribution in [1.82, 2.24) is 15.3 Å². The van der Waals surface area contributed by atoms with Crippen LogP contribution in [0, 0.1) is 0 Å². The Morgan fingerprint density at radius 2 is 1.95 bits per heavy atom. The van der Waals surface area contributed by atoms with Gasteiger partial charge in [-0.1, -0.05) is 13.8 Å². The molecule has 1 aliphatic rings. The van der Waals surface area contributed by atoms with E-state index in [4.69, 9.17) is 5.84 Å². The van der Waals surface area contributed by atoms with Crippen molar-refractivity contribution < 1.29 is 9.59 Å². The first kappa shape index (κ1) is 13.2. The largest absolute Gasteiger partial charge is 0.338 e. The lowest BCUT2D eigenvalue weighted by Gasteiger charge is -2.29. The lowest BCUT2D eigenvalue weighted by Crippen LogP contribution is -2.52. The number of nitrogen functional groups attached to an aromatic ring is 1. The Bertz CT molecular complexity index is 500. The van der Waals surface area contributed by atoms with Crippen LogP contribution in [0.15, 0.2) is 6.33 Å². The van der Waals surface area contributed by atoms with E-state index < -0.39 is 0 Å². The van der Waals surface area contributed by atoms with Crippen molar-refractivity contribution in [1.29, 1.82) is 0 Å². The fourth-order valence-corrected chi connectivity index (χ4v) is 2.07. The normalized spacial score (nSPS) is 15.7. The van der Waals surface area contributed by atoms with Gasteiger partial charge in [-0.3, -0.25) is 14.9 Å². The number of imide groups is 1. The number of piperazine rings is 1. The SMILES string of the molecule is CC(C)c1c(NN)ncnc1N1CC(=O)NC(=O)C1. The molecule has 0 saturated carbocycles. The highest BCUT2D eigenvalue weighted by Gasteiger charge is 2.27. The van der Waals surface area contributed by atoms with Gasteiger partial charge in [0.2, 0.25) is 11.8 Å². The molecule has 8 nitrogen and oxygen atoms in total. The van der Waals surface area contributed by atoms with Gasteiger partial charge < -0.3 is 10.3 Å². The van der Waals surface area contributed by atoms with Gasteiger partial charge in [0.1, 0.15) is 18.0 Å². The molecule has 102 valence electrons. The van der Waals surface area contributed by atoms with E-state index in [9.17, 15) is 9.59 Å². The highest BCUT2D eigenvalue weighted by Crippen LogP contribution is 2.30. The predicted molar refractivity (Wildman–Crippen MR) is 69.3 cm³/mol. The summed E-state index contributed by atoms with van der Waals surface area (Å²) in [7, 11) is 0. The van der Waals surface area contributed by atoms with Crippen molar-refractivity contribution in [3.8, 4) is 0 Å². The maximum atomic E-state index is 11.4. The Morgan fingerprint density at radius 3 is 2.47 bits per heavy atom. The number of hydrogen-bond acceptors (Lipinski definition) is 7. The molecule has 1 aromatic heterocycles. The summed E-state index contributed by atoms with van der Waals surface area (Å²) in [5, 5.41) is 2.25. The molecule has 19 heavy (non-hydrogen) atoms. The van der Waals surface area contributed by atoms with Gasteiger partial charge in [-0.05, 0) is 5.92 Å². The summed E-state index contributed by atoms with van der Waals surface area (Å²) in [5.41, 5.74) is 3.30. The standard InChI is InChI=1S/C11H16N6O2/c1-6(2)9-10(16-12)13-5-14-11(9)17-3-7(18)15-8(19)4-17/h5-6H,3-4,12H2,1-2H3,(H,13,14,16)(H,15,18,19). The minimum atomic E-state index is -0.341. The second kappa shape index (κ2) is 5.19. The Balaban J connectivity index is 2.43. The number of aromatic nitrogens is 2. The second-order valence-corrected chi connectivity index (χ2v) is 4.59. The Kier molecular flexibility index (Phi) is 3.61. The molecule has 1 fully saturated rings. The van der Waals surface area contributed by atoms with E-state index in [0.29, 0.717) is 11.6 Å². The molecule has 0 bridgehead atoms. The second-order valence-electron chi connectivity index (χ2n) is 4.59.